The fourth-order valence-electron chi connectivity index (χ4n) is 3.79. The highest BCUT2D eigenvalue weighted by Gasteiger charge is 2.31. The molecule has 10 nitrogen and oxygen atoms in total. The van der Waals surface area contributed by atoms with Crippen LogP contribution in [0.15, 0.2) is 48.8 Å². The molecule has 0 radical (unpaired) electrons. The number of aromatic nitrogens is 4. The third kappa shape index (κ3) is 3.91. The third-order valence-electron chi connectivity index (χ3n) is 5.42. The van der Waals surface area contributed by atoms with E-state index in [0.717, 1.165) is 5.56 Å². The summed E-state index contributed by atoms with van der Waals surface area (Å²) in [5.74, 6) is -1.59. The Balaban J connectivity index is 1.24. The number of hydrogen-bond acceptors (Lipinski definition) is 5. The van der Waals surface area contributed by atoms with Crippen LogP contribution in [0.4, 0.5) is 15.9 Å². The van der Waals surface area contributed by atoms with Gasteiger partial charge in [0.25, 0.3) is 5.91 Å². The number of nitrogens with one attached hydrogen (secondary N) is 3. The third-order valence-corrected chi connectivity index (χ3v) is 5.42. The van der Waals surface area contributed by atoms with Crippen molar-refractivity contribution in [2.45, 2.75) is 13.0 Å². The molecule has 0 spiro atoms. The molecule has 1 unspecified atom stereocenters. The van der Waals surface area contributed by atoms with Crippen molar-refractivity contribution in [2.75, 3.05) is 10.6 Å². The van der Waals surface area contributed by atoms with Gasteiger partial charge in [-0.2, -0.15) is 0 Å². The zero-order chi connectivity index (χ0) is 23.1. The summed E-state index contributed by atoms with van der Waals surface area (Å²) in [7, 11) is 0. The first-order chi connectivity index (χ1) is 15.9. The Kier molecular flexibility index (Phi) is 4.85. The maximum Gasteiger partial charge on any atom is 0.271 e. The molecule has 0 fully saturated rings. The lowest BCUT2D eigenvalue weighted by molar-refractivity contribution is -0.125. The van der Waals surface area contributed by atoms with E-state index in [2.05, 4.69) is 25.6 Å². The van der Waals surface area contributed by atoms with Crippen LogP contribution >= 0.6 is 0 Å². The van der Waals surface area contributed by atoms with Crippen LogP contribution in [-0.4, -0.2) is 37.2 Å². The number of H-pyrrole nitrogens is 1. The Bertz CT molecular complexity index is 1410. The average molecular weight is 447 g/mol. The molecular formula is C22H18FN7O3. The molecule has 0 aliphatic carbocycles. The predicted molar refractivity (Wildman–Crippen MR) is 118 cm³/mol. The Morgan fingerprint density at radius 2 is 2.00 bits per heavy atom. The Morgan fingerprint density at radius 3 is 2.76 bits per heavy atom. The summed E-state index contributed by atoms with van der Waals surface area (Å²) in [4.78, 5) is 47.7. The van der Waals surface area contributed by atoms with Gasteiger partial charge in [0, 0.05) is 24.2 Å². The monoisotopic (exact) mass is 447 g/mol. The van der Waals surface area contributed by atoms with Gasteiger partial charge in [-0.25, -0.2) is 14.4 Å². The molecule has 1 atom stereocenters. The molecule has 4 aromatic rings. The summed E-state index contributed by atoms with van der Waals surface area (Å²) in [5.41, 5.74) is 7.81. The van der Waals surface area contributed by atoms with Crippen LogP contribution < -0.4 is 16.4 Å². The molecule has 3 heterocycles. The number of carbonyl (C=O) groups is 3. The molecule has 33 heavy (non-hydrogen) atoms. The van der Waals surface area contributed by atoms with Crippen LogP contribution in [0.1, 0.15) is 16.9 Å². The number of aromatic amines is 1. The Hall–Kier alpha value is -4.54. The van der Waals surface area contributed by atoms with Gasteiger partial charge in [-0.05, 0) is 42.5 Å². The highest BCUT2D eigenvalue weighted by atomic mass is 19.1. The molecule has 2 aromatic carbocycles. The van der Waals surface area contributed by atoms with Crippen molar-refractivity contribution >= 4 is 40.3 Å². The van der Waals surface area contributed by atoms with Gasteiger partial charge in [-0.1, -0.05) is 0 Å². The van der Waals surface area contributed by atoms with Gasteiger partial charge in [0.1, 0.15) is 17.5 Å². The molecule has 2 aromatic heterocycles. The van der Waals surface area contributed by atoms with Gasteiger partial charge in [0.2, 0.25) is 11.8 Å². The number of amides is 3. The molecule has 1 aliphatic heterocycles. The molecular weight excluding hydrogens is 429 g/mol. The number of nitrogens with two attached hydrogens (primary N) is 1. The van der Waals surface area contributed by atoms with Crippen molar-refractivity contribution in [1.29, 1.82) is 0 Å². The SMILES string of the molecule is NC(=O)c1ncn2c1NC(=O)C(CC(=O)Nc1ccc(-c3nc4ccc(F)cc4[nH]3)cc1)C2. The van der Waals surface area contributed by atoms with Gasteiger partial charge in [0.05, 0.1) is 23.3 Å². The summed E-state index contributed by atoms with van der Waals surface area (Å²) >= 11 is 0. The van der Waals surface area contributed by atoms with E-state index in [1.54, 1.807) is 34.9 Å². The van der Waals surface area contributed by atoms with Gasteiger partial charge in [0.15, 0.2) is 5.69 Å². The van der Waals surface area contributed by atoms with Crippen molar-refractivity contribution in [3.05, 3.63) is 60.3 Å². The normalized spacial score (nSPS) is 15.2. The topological polar surface area (TPSA) is 148 Å². The Morgan fingerprint density at radius 1 is 1.21 bits per heavy atom. The zero-order valence-corrected chi connectivity index (χ0v) is 17.1. The van der Waals surface area contributed by atoms with Crippen LogP contribution in [0, 0.1) is 11.7 Å². The molecule has 1 aliphatic rings. The van der Waals surface area contributed by atoms with Gasteiger partial charge < -0.3 is 25.9 Å². The highest BCUT2D eigenvalue weighted by molar-refractivity contribution is 6.03. The second-order valence-corrected chi connectivity index (χ2v) is 7.72. The minimum absolute atomic E-state index is 0.0130. The zero-order valence-electron chi connectivity index (χ0n) is 17.1. The number of anilines is 2. The highest BCUT2D eigenvalue weighted by Crippen LogP contribution is 2.25. The minimum Gasteiger partial charge on any atom is -0.364 e. The van der Waals surface area contributed by atoms with Crippen molar-refractivity contribution in [3.63, 3.8) is 0 Å². The molecule has 5 rings (SSSR count). The molecule has 5 N–H and O–H groups in total. The van der Waals surface area contributed by atoms with E-state index >= 15 is 0 Å². The summed E-state index contributed by atoms with van der Waals surface area (Å²) < 4.78 is 15.0. The molecule has 166 valence electrons. The number of nitrogens with zero attached hydrogens (tertiary/aromatic N) is 3. The summed E-state index contributed by atoms with van der Waals surface area (Å²) in [6, 6.07) is 11.3. The van der Waals surface area contributed by atoms with Gasteiger partial charge in [-0.15, -0.1) is 0 Å². The van der Waals surface area contributed by atoms with E-state index in [1.165, 1.54) is 18.5 Å². The number of rotatable bonds is 5. The van der Waals surface area contributed by atoms with Gasteiger partial charge in [-0.3, -0.25) is 14.4 Å². The summed E-state index contributed by atoms with van der Waals surface area (Å²) in [6.07, 6.45) is 1.36. The van der Waals surface area contributed by atoms with Crippen LogP contribution in [0.3, 0.4) is 0 Å². The first kappa shape index (κ1) is 20.4. The lowest BCUT2D eigenvalue weighted by atomic mass is 10.0. The minimum atomic E-state index is -0.737. The predicted octanol–water partition coefficient (Wildman–Crippen LogP) is 2.26. The quantitative estimate of drug-likeness (QED) is 0.370. The van der Waals surface area contributed by atoms with E-state index < -0.39 is 11.8 Å². The van der Waals surface area contributed by atoms with Crippen molar-refractivity contribution in [3.8, 4) is 11.4 Å². The van der Waals surface area contributed by atoms with E-state index in [1.807, 2.05) is 0 Å². The van der Waals surface area contributed by atoms with Crippen LogP contribution in [0.25, 0.3) is 22.4 Å². The molecule has 0 saturated heterocycles. The van der Waals surface area contributed by atoms with Crippen molar-refractivity contribution in [1.82, 2.24) is 19.5 Å². The summed E-state index contributed by atoms with van der Waals surface area (Å²) in [6.45, 7) is 0.209. The molecule has 3 amide bonds. The number of imidazole rings is 2. The van der Waals surface area contributed by atoms with Crippen LogP contribution in [0.5, 0.6) is 0 Å². The average Bonchev–Trinajstić information content (AvgIpc) is 3.38. The van der Waals surface area contributed by atoms with E-state index in [9.17, 15) is 18.8 Å². The maximum absolute atomic E-state index is 13.4. The van der Waals surface area contributed by atoms with E-state index in [4.69, 9.17) is 5.73 Å². The van der Waals surface area contributed by atoms with Crippen LogP contribution in [-0.2, 0) is 16.1 Å². The second kappa shape index (κ2) is 7.86. The molecule has 0 saturated carbocycles. The fourth-order valence-corrected chi connectivity index (χ4v) is 3.79. The molecule has 11 heteroatoms. The van der Waals surface area contributed by atoms with E-state index in [-0.39, 0.29) is 42.1 Å². The lowest BCUT2D eigenvalue weighted by Gasteiger charge is -2.24. The smallest absolute Gasteiger partial charge is 0.271 e. The number of hydrogen-bond donors (Lipinski definition) is 4. The maximum atomic E-state index is 13.4. The first-order valence-corrected chi connectivity index (χ1v) is 10.1. The van der Waals surface area contributed by atoms with Crippen molar-refractivity contribution in [2.24, 2.45) is 11.7 Å². The van der Waals surface area contributed by atoms with Crippen molar-refractivity contribution < 1.29 is 18.8 Å². The first-order valence-electron chi connectivity index (χ1n) is 10.1. The lowest BCUT2D eigenvalue weighted by Crippen LogP contribution is -2.36. The van der Waals surface area contributed by atoms with Crippen LogP contribution in [0.2, 0.25) is 0 Å². The fraction of sp³-hybridized carbons (Fsp3) is 0.136. The number of primary amides is 1. The second-order valence-electron chi connectivity index (χ2n) is 7.72. The molecule has 0 bridgehead atoms. The van der Waals surface area contributed by atoms with Gasteiger partial charge >= 0.3 is 0 Å². The number of benzene rings is 2. The number of halogens is 1. The largest absolute Gasteiger partial charge is 0.364 e. The number of carbonyl (C=O) groups excluding carboxylic acids is 3. The summed E-state index contributed by atoms with van der Waals surface area (Å²) in [5, 5.41) is 5.37. The Labute approximate surface area is 186 Å². The van der Waals surface area contributed by atoms with E-state index in [0.29, 0.717) is 22.5 Å². The standard InChI is InChI=1S/C22H18FN7O3/c23-13-3-6-15-16(8-13)28-20(27-15)11-1-4-14(5-2-11)26-17(31)7-12-9-30-10-25-18(19(24)32)21(30)29-22(12)33/h1-6,8,10,12H,7,9H2,(H2,24,32)(H,26,31)(H,27,28)(H,29,33). The number of fused-ring (bicyclic) bond motifs is 2.